The number of carbonyl (C=O) groups is 2. The van der Waals surface area contributed by atoms with Crippen molar-refractivity contribution in [2.75, 3.05) is 19.7 Å². The quantitative estimate of drug-likeness (QED) is 0.337. The van der Waals surface area contributed by atoms with Gasteiger partial charge in [0.25, 0.3) is 5.91 Å². The third-order valence-corrected chi connectivity index (χ3v) is 5.36. The van der Waals surface area contributed by atoms with Crippen LogP contribution in [0.15, 0.2) is 12.7 Å². The predicted octanol–water partition coefficient (Wildman–Crippen LogP) is -0.726. The lowest BCUT2D eigenvalue weighted by molar-refractivity contribution is -0.139. The second-order valence-electron chi connectivity index (χ2n) is 6.74. The van der Waals surface area contributed by atoms with Gasteiger partial charge in [0.1, 0.15) is 18.7 Å². The second-order valence-corrected chi connectivity index (χ2v) is 6.90. The molecule has 4 heterocycles. The molecule has 142 valence electrons. The van der Waals surface area contributed by atoms with E-state index in [1.807, 2.05) is 4.68 Å². The number of nitrogens with one attached hydrogen (secondary N) is 2. The Morgan fingerprint density at radius 3 is 3.08 bits per heavy atom. The Morgan fingerprint density at radius 2 is 2.31 bits per heavy atom. The van der Waals surface area contributed by atoms with Crippen molar-refractivity contribution in [3.8, 4) is 0 Å². The normalized spacial score (nSPS) is 30.9. The van der Waals surface area contributed by atoms with Crippen molar-refractivity contribution in [1.82, 2.24) is 35.5 Å². The number of hydrogen-bond donors (Lipinski definition) is 3. The van der Waals surface area contributed by atoms with Gasteiger partial charge < -0.3 is 10.2 Å². The van der Waals surface area contributed by atoms with Gasteiger partial charge in [-0.15, -0.1) is 0 Å². The van der Waals surface area contributed by atoms with Crippen LogP contribution in [0.5, 0.6) is 0 Å². The summed E-state index contributed by atoms with van der Waals surface area (Å²) in [6.07, 6.45) is 5.29. The van der Waals surface area contributed by atoms with Gasteiger partial charge in [-0.25, -0.2) is 24.2 Å². The average molecular weight is 383 g/mol. The number of fused-ring (bicyclic) bond motifs is 2. The van der Waals surface area contributed by atoms with Crippen LogP contribution in [0.4, 0.5) is 4.79 Å². The lowest BCUT2D eigenvalue weighted by atomic mass is 10.0. The highest BCUT2D eigenvalue weighted by Crippen LogP contribution is 2.30. The average Bonchev–Trinajstić information content (AvgIpc) is 3.37. The third kappa shape index (κ3) is 3.24. The predicted molar refractivity (Wildman–Crippen MR) is 90.4 cm³/mol. The minimum absolute atomic E-state index is 0.0543. The van der Waals surface area contributed by atoms with Crippen LogP contribution in [0, 0.1) is 0 Å². The number of rotatable bonds is 6. The summed E-state index contributed by atoms with van der Waals surface area (Å²) in [5.74, 6) is -0.316. The van der Waals surface area contributed by atoms with E-state index < -0.39 is 6.04 Å². The fourth-order valence-electron chi connectivity index (χ4n) is 3.83. The Bertz CT molecular complexity index is 660. The molecule has 2 N–H and O–H groups in total. The number of nitrogens with zero attached hydrogens (tertiary/aromatic N) is 5. The molecular weight excluding hydrogens is 362 g/mol. The Kier molecular flexibility index (Phi) is 4.98. The van der Waals surface area contributed by atoms with Crippen molar-refractivity contribution in [1.29, 1.82) is 0 Å². The summed E-state index contributed by atoms with van der Waals surface area (Å²) in [5.41, 5.74) is 2.48. The number of aromatic nitrogens is 3. The summed E-state index contributed by atoms with van der Waals surface area (Å²) in [6.45, 7) is 1.57. The smallest absolute Gasteiger partial charge is 0.309 e. The summed E-state index contributed by atoms with van der Waals surface area (Å²) in [5, 5.41) is 8.69. The van der Waals surface area contributed by atoms with Gasteiger partial charge in [-0.05, 0) is 19.3 Å². The van der Waals surface area contributed by atoms with Crippen molar-refractivity contribution in [3.05, 3.63) is 12.7 Å². The maximum atomic E-state index is 12.4. The van der Waals surface area contributed by atoms with Crippen LogP contribution in [0.3, 0.4) is 0 Å². The minimum Gasteiger partial charge on any atom is -0.309 e. The van der Waals surface area contributed by atoms with Crippen LogP contribution in [0.2, 0.25) is 0 Å². The zero-order chi connectivity index (χ0) is 18.1. The number of amides is 3. The molecule has 4 atom stereocenters. The first-order valence-corrected chi connectivity index (χ1v) is 8.94. The largest absolute Gasteiger partial charge is 0.345 e. The van der Waals surface area contributed by atoms with Gasteiger partial charge in [0.15, 0.2) is 0 Å². The van der Waals surface area contributed by atoms with Crippen molar-refractivity contribution in [3.63, 3.8) is 0 Å². The number of hydroxylamine groups is 3. The molecule has 4 rings (SSSR count). The molecule has 3 saturated heterocycles. The Morgan fingerprint density at radius 1 is 1.42 bits per heavy atom. The molecule has 2 unspecified atom stereocenters. The van der Waals surface area contributed by atoms with E-state index in [1.54, 1.807) is 6.33 Å². The molecule has 1 aromatic rings. The Labute approximate surface area is 155 Å². The first-order valence-electron chi connectivity index (χ1n) is 8.58. The first kappa shape index (κ1) is 17.5. The van der Waals surface area contributed by atoms with Crippen LogP contribution in [0.1, 0.15) is 25.3 Å². The number of hydrogen-bond acceptors (Lipinski definition) is 8. The maximum absolute atomic E-state index is 12.4. The summed E-state index contributed by atoms with van der Waals surface area (Å²) in [4.78, 5) is 35.4. The van der Waals surface area contributed by atoms with Gasteiger partial charge in [0.05, 0.1) is 18.7 Å². The molecule has 26 heavy (non-hydrogen) atoms. The highest BCUT2D eigenvalue weighted by Gasteiger charge is 2.48. The van der Waals surface area contributed by atoms with Gasteiger partial charge in [0, 0.05) is 32.0 Å². The fourth-order valence-corrected chi connectivity index (χ4v) is 4.03. The van der Waals surface area contributed by atoms with Crippen LogP contribution < -0.4 is 10.8 Å². The molecule has 0 radical (unpaired) electrons. The van der Waals surface area contributed by atoms with E-state index in [-0.39, 0.29) is 30.1 Å². The van der Waals surface area contributed by atoms with Crippen molar-refractivity contribution >= 4 is 24.8 Å². The van der Waals surface area contributed by atoms with Crippen molar-refractivity contribution in [2.24, 2.45) is 0 Å². The van der Waals surface area contributed by atoms with E-state index in [9.17, 15) is 9.59 Å². The monoisotopic (exact) mass is 383 g/mol. The van der Waals surface area contributed by atoms with Crippen LogP contribution in [0.25, 0.3) is 0 Å². The van der Waals surface area contributed by atoms with Crippen LogP contribution >= 0.6 is 12.9 Å². The maximum Gasteiger partial charge on any atom is 0.345 e. The topological polar surface area (TPSA) is 114 Å². The van der Waals surface area contributed by atoms with Gasteiger partial charge >= 0.3 is 6.03 Å². The van der Waals surface area contributed by atoms with Gasteiger partial charge in [-0.2, -0.15) is 10.2 Å². The number of thiol groups is 1. The molecule has 1 aromatic heterocycles. The highest BCUT2D eigenvalue weighted by atomic mass is 32.1. The summed E-state index contributed by atoms with van der Waals surface area (Å²) in [7, 11) is 0. The minimum atomic E-state index is -0.549. The van der Waals surface area contributed by atoms with E-state index in [2.05, 4.69) is 33.8 Å². The van der Waals surface area contributed by atoms with Gasteiger partial charge in [-0.3, -0.25) is 9.63 Å². The molecule has 3 amide bonds. The molecule has 11 nitrogen and oxygen atoms in total. The molecule has 0 spiro atoms. The summed E-state index contributed by atoms with van der Waals surface area (Å²) >= 11 is 3.71. The molecule has 2 bridgehead atoms. The molecule has 0 saturated carbocycles. The first-order chi connectivity index (χ1) is 12.7. The second kappa shape index (κ2) is 7.39. The Balaban J connectivity index is 1.23. The van der Waals surface area contributed by atoms with Crippen molar-refractivity contribution < 1.29 is 18.7 Å². The zero-order valence-corrected chi connectivity index (χ0v) is 14.9. The zero-order valence-electron chi connectivity index (χ0n) is 14.0. The van der Waals surface area contributed by atoms with Crippen LogP contribution in [-0.4, -0.2) is 74.5 Å². The van der Waals surface area contributed by atoms with E-state index in [0.29, 0.717) is 26.0 Å². The molecule has 0 aliphatic carbocycles. The number of urea groups is 1. The summed E-state index contributed by atoms with van der Waals surface area (Å²) < 4.78 is 6.63. The Hall–Kier alpha value is -1.89. The van der Waals surface area contributed by atoms with Gasteiger partial charge in [-0.1, -0.05) is 0 Å². The van der Waals surface area contributed by atoms with Crippen LogP contribution in [-0.2, 0) is 13.9 Å². The molecule has 3 fully saturated rings. The molecule has 3 aliphatic heterocycles. The molecular formula is C14H21N7O4S. The fraction of sp³-hybridized carbons (Fsp3) is 0.714. The SMILES string of the molecule is O=C(NOC[C@H]1C[C@@H](n2cncn2)CN1)C1CCC2CN1C(=O)N2OS. The third-order valence-electron chi connectivity index (χ3n) is 5.18. The van der Waals surface area contributed by atoms with E-state index in [0.717, 1.165) is 13.0 Å². The summed E-state index contributed by atoms with van der Waals surface area (Å²) in [6, 6.07) is -0.600. The molecule has 0 aromatic carbocycles. The molecule has 12 heteroatoms. The number of piperidine rings is 1. The standard InChI is InChI=1S/C14H21N7O4S/c22-13(12-2-1-10-5-19(12)14(23)21(10)25-26)18-24-6-9-3-11(4-16-9)20-8-15-7-17-20/h7-12,16,26H,1-6H2,(H,18,22)/t9-,10?,11-,12?/m1/s1. The van der Waals surface area contributed by atoms with E-state index >= 15 is 0 Å². The lowest BCUT2D eigenvalue weighted by Gasteiger charge is -2.29. The molecule has 3 aliphatic rings. The van der Waals surface area contributed by atoms with E-state index in [1.165, 1.54) is 16.3 Å². The van der Waals surface area contributed by atoms with Gasteiger partial charge in [0.2, 0.25) is 0 Å². The van der Waals surface area contributed by atoms with Crippen molar-refractivity contribution in [2.45, 2.75) is 43.4 Å². The van der Waals surface area contributed by atoms with E-state index in [4.69, 9.17) is 9.12 Å². The lowest BCUT2D eigenvalue weighted by Crippen LogP contribution is -2.50. The highest BCUT2D eigenvalue weighted by molar-refractivity contribution is 7.75. The number of carbonyl (C=O) groups excluding carboxylic acids is 2.